The summed E-state index contributed by atoms with van der Waals surface area (Å²) in [5, 5.41) is 11.7. The molecule has 118 valence electrons. The Balaban J connectivity index is 1.78. The number of hydrogen-bond donors (Lipinski definition) is 0. The monoisotopic (exact) mass is 382 g/mol. The molecule has 7 nitrogen and oxygen atoms in total. The lowest BCUT2D eigenvalue weighted by Gasteiger charge is -2.06. The van der Waals surface area contributed by atoms with Crippen LogP contribution in [0.4, 0.5) is 0 Å². The molecule has 0 atom stereocenters. The Morgan fingerprint density at radius 2 is 1.92 bits per heavy atom. The van der Waals surface area contributed by atoms with Crippen molar-refractivity contribution < 1.29 is 0 Å². The fraction of sp³-hybridized carbons (Fsp3) is 0.0625. The largest absolute Gasteiger partial charge is 0.269 e. The summed E-state index contributed by atoms with van der Waals surface area (Å²) in [7, 11) is 0. The van der Waals surface area contributed by atoms with Crippen LogP contribution in [0.25, 0.3) is 17.0 Å². The number of tetrazole rings is 1. The molecular weight excluding hydrogens is 372 g/mol. The number of nitrogens with zero attached hydrogens (tertiary/aromatic N) is 6. The van der Waals surface area contributed by atoms with E-state index in [2.05, 4.69) is 36.4 Å². The molecule has 0 radical (unpaired) electrons. The molecule has 4 rings (SSSR count). The first-order chi connectivity index (χ1) is 11.7. The Bertz CT molecular complexity index is 1070. The SMILES string of the molecule is O=c1c(-c2nnnn2Cc2ccc(Br)cc2)cnc2ccccn12. The first kappa shape index (κ1) is 14.7. The second kappa shape index (κ2) is 5.97. The van der Waals surface area contributed by atoms with Gasteiger partial charge in [-0.3, -0.25) is 9.20 Å². The molecule has 0 saturated carbocycles. The molecule has 3 aromatic heterocycles. The maximum atomic E-state index is 12.7. The highest BCUT2D eigenvalue weighted by atomic mass is 79.9. The van der Waals surface area contributed by atoms with Gasteiger partial charge in [-0.05, 0) is 40.3 Å². The van der Waals surface area contributed by atoms with Gasteiger partial charge in [-0.15, -0.1) is 5.10 Å². The summed E-state index contributed by atoms with van der Waals surface area (Å²) < 4.78 is 4.07. The number of fused-ring (bicyclic) bond motifs is 1. The van der Waals surface area contributed by atoms with Crippen molar-refractivity contribution >= 4 is 21.6 Å². The topological polar surface area (TPSA) is 78.0 Å². The second-order valence-corrected chi connectivity index (χ2v) is 6.11. The molecule has 0 spiro atoms. The maximum Gasteiger partial charge on any atom is 0.269 e. The van der Waals surface area contributed by atoms with E-state index >= 15 is 0 Å². The Morgan fingerprint density at radius 1 is 1.08 bits per heavy atom. The molecule has 0 aliphatic rings. The van der Waals surface area contributed by atoms with E-state index in [0.29, 0.717) is 23.6 Å². The minimum absolute atomic E-state index is 0.201. The molecule has 0 unspecified atom stereocenters. The minimum Gasteiger partial charge on any atom is -0.268 e. The molecule has 1 aromatic carbocycles. The van der Waals surface area contributed by atoms with Crippen LogP contribution in [0, 0.1) is 0 Å². The van der Waals surface area contributed by atoms with Gasteiger partial charge in [-0.1, -0.05) is 34.1 Å². The van der Waals surface area contributed by atoms with E-state index in [1.807, 2.05) is 30.3 Å². The van der Waals surface area contributed by atoms with Crippen LogP contribution in [0.2, 0.25) is 0 Å². The van der Waals surface area contributed by atoms with Crippen LogP contribution in [-0.2, 0) is 6.54 Å². The predicted octanol–water partition coefficient (Wildman–Crippen LogP) is 2.16. The molecule has 0 fully saturated rings. The van der Waals surface area contributed by atoms with E-state index in [1.54, 1.807) is 23.0 Å². The lowest BCUT2D eigenvalue weighted by molar-refractivity contribution is 0.652. The van der Waals surface area contributed by atoms with Gasteiger partial charge in [0, 0.05) is 16.9 Å². The molecule has 0 amide bonds. The van der Waals surface area contributed by atoms with Crippen molar-refractivity contribution in [3.63, 3.8) is 0 Å². The normalized spacial score (nSPS) is 11.0. The van der Waals surface area contributed by atoms with Gasteiger partial charge in [-0.25, -0.2) is 9.67 Å². The molecule has 4 aromatic rings. The molecule has 8 heteroatoms. The van der Waals surface area contributed by atoms with Crippen molar-refractivity contribution in [3.05, 3.63) is 75.2 Å². The number of benzene rings is 1. The van der Waals surface area contributed by atoms with Crippen molar-refractivity contribution in [2.45, 2.75) is 6.54 Å². The third kappa shape index (κ3) is 2.61. The number of aromatic nitrogens is 6. The van der Waals surface area contributed by atoms with Gasteiger partial charge in [0.15, 0.2) is 5.82 Å². The first-order valence-electron chi connectivity index (χ1n) is 7.20. The Labute approximate surface area is 144 Å². The first-order valence-corrected chi connectivity index (χ1v) is 7.99. The van der Waals surface area contributed by atoms with Crippen molar-refractivity contribution in [1.82, 2.24) is 29.6 Å². The van der Waals surface area contributed by atoms with E-state index in [4.69, 9.17) is 0 Å². The van der Waals surface area contributed by atoms with Crippen molar-refractivity contribution in [2.24, 2.45) is 0 Å². The van der Waals surface area contributed by atoms with Gasteiger partial charge in [0.25, 0.3) is 5.56 Å². The lowest BCUT2D eigenvalue weighted by Crippen LogP contribution is -2.18. The zero-order valence-corrected chi connectivity index (χ0v) is 14.0. The lowest BCUT2D eigenvalue weighted by atomic mass is 10.2. The van der Waals surface area contributed by atoms with Gasteiger partial charge in [-0.2, -0.15) is 0 Å². The average molecular weight is 383 g/mol. The number of hydrogen-bond acceptors (Lipinski definition) is 5. The second-order valence-electron chi connectivity index (χ2n) is 5.19. The van der Waals surface area contributed by atoms with E-state index in [-0.39, 0.29) is 5.56 Å². The average Bonchev–Trinajstić information content (AvgIpc) is 3.05. The van der Waals surface area contributed by atoms with E-state index in [1.165, 1.54) is 10.6 Å². The minimum atomic E-state index is -0.201. The fourth-order valence-corrected chi connectivity index (χ4v) is 2.71. The Hall–Kier alpha value is -2.87. The molecule has 0 saturated heterocycles. The Morgan fingerprint density at radius 3 is 2.75 bits per heavy atom. The molecule has 3 heterocycles. The van der Waals surface area contributed by atoms with Crippen LogP contribution < -0.4 is 5.56 Å². The van der Waals surface area contributed by atoms with Crippen molar-refractivity contribution in [1.29, 1.82) is 0 Å². The van der Waals surface area contributed by atoms with Gasteiger partial charge in [0.1, 0.15) is 11.2 Å². The van der Waals surface area contributed by atoms with E-state index < -0.39 is 0 Å². The molecule has 0 N–H and O–H groups in total. The summed E-state index contributed by atoms with van der Waals surface area (Å²) >= 11 is 3.41. The highest BCUT2D eigenvalue weighted by Crippen LogP contribution is 2.15. The van der Waals surface area contributed by atoms with Crippen LogP contribution in [0.15, 0.2) is 64.1 Å². The van der Waals surface area contributed by atoms with E-state index in [9.17, 15) is 4.79 Å². The molecule has 0 aliphatic carbocycles. The summed E-state index contributed by atoms with van der Waals surface area (Å²) in [6.07, 6.45) is 3.19. The molecule has 0 aliphatic heterocycles. The maximum absolute atomic E-state index is 12.7. The highest BCUT2D eigenvalue weighted by molar-refractivity contribution is 9.10. The molecule has 24 heavy (non-hydrogen) atoms. The van der Waals surface area contributed by atoms with Gasteiger partial charge in [0.2, 0.25) is 0 Å². The standard InChI is InChI=1S/C16H11BrN6O/c17-12-6-4-11(5-7-12)10-23-15(19-20-21-23)13-9-18-14-3-1-2-8-22(14)16(13)24/h1-9H,10H2. The summed E-state index contributed by atoms with van der Waals surface area (Å²) in [5.41, 5.74) is 1.77. The summed E-state index contributed by atoms with van der Waals surface area (Å²) in [5.74, 6) is 0.397. The van der Waals surface area contributed by atoms with Crippen molar-refractivity contribution in [2.75, 3.05) is 0 Å². The zero-order valence-electron chi connectivity index (χ0n) is 12.4. The van der Waals surface area contributed by atoms with Gasteiger partial charge < -0.3 is 0 Å². The molecular formula is C16H11BrN6O. The third-order valence-corrected chi connectivity index (χ3v) is 4.16. The quantitative estimate of drug-likeness (QED) is 0.542. The summed E-state index contributed by atoms with van der Waals surface area (Å²) in [6, 6.07) is 13.2. The number of pyridine rings is 1. The summed E-state index contributed by atoms with van der Waals surface area (Å²) in [4.78, 5) is 17.0. The van der Waals surface area contributed by atoms with Crippen molar-refractivity contribution in [3.8, 4) is 11.4 Å². The van der Waals surface area contributed by atoms with Crippen LogP contribution in [0.3, 0.4) is 0 Å². The fourth-order valence-electron chi connectivity index (χ4n) is 2.45. The highest BCUT2D eigenvalue weighted by Gasteiger charge is 2.15. The smallest absolute Gasteiger partial charge is 0.268 e. The number of halogens is 1. The third-order valence-electron chi connectivity index (χ3n) is 3.63. The zero-order chi connectivity index (χ0) is 16.5. The van der Waals surface area contributed by atoms with Crippen LogP contribution in [-0.4, -0.2) is 29.6 Å². The number of rotatable bonds is 3. The van der Waals surface area contributed by atoms with Crippen LogP contribution >= 0.6 is 15.9 Å². The Kier molecular flexibility index (Phi) is 3.66. The molecule has 0 bridgehead atoms. The van der Waals surface area contributed by atoms with Crippen LogP contribution in [0.5, 0.6) is 0 Å². The van der Waals surface area contributed by atoms with E-state index in [0.717, 1.165) is 10.0 Å². The van der Waals surface area contributed by atoms with Gasteiger partial charge >= 0.3 is 0 Å². The predicted molar refractivity (Wildman–Crippen MR) is 91.5 cm³/mol. The summed E-state index contributed by atoms with van der Waals surface area (Å²) in [6.45, 7) is 0.465. The van der Waals surface area contributed by atoms with Gasteiger partial charge in [0.05, 0.1) is 6.54 Å². The van der Waals surface area contributed by atoms with Crippen LogP contribution in [0.1, 0.15) is 5.56 Å².